The van der Waals surface area contributed by atoms with Crippen LogP contribution in [-0.4, -0.2) is 31.8 Å². The molecule has 1 N–H and O–H groups in total. The number of nitrogens with one attached hydrogen (secondary N) is 1. The molecule has 0 aromatic heterocycles. The Kier molecular flexibility index (Phi) is 7.61. The number of aryl methyl sites for hydroxylation is 1. The Morgan fingerprint density at radius 3 is 2.19 bits per heavy atom. The van der Waals surface area contributed by atoms with Crippen LogP contribution in [0.4, 0.5) is 10.1 Å². The molecule has 0 aliphatic heterocycles. The van der Waals surface area contributed by atoms with Crippen LogP contribution >= 0.6 is 0 Å². The van der Waals surface area contributed by atoms with Crippen LogP contribution in [-0.2, 0) is 21.4 Å². The SMILES string of the molecule is CCOc1ccc(NC(=O)CN(Cc2ccc(F)cc2)S(=O)(=O)c2ccc(C)cc2)cc1. The predicted octanol–water partition coefficient (Wildman–Crippen LogP) is 4.36. The number of halogens is 1. The molecular weight excluding hydrogens is 431 g/mol. The molecule has 0 atom stereocenters. The van der Waals surface area contributed by atoms with Crippen molar-refractivity contribution in [1.82, 2.24) is 4.31 Å². The molecule has 32 heavy (non-hydrogen) atoms. The lowest BCUT2D eigenvalue weighted by Crippen LogP contribution is -2.37. The Labute approximate surface area is 187 Å². The van der Waals surface area contributed by atoms with Crippen molar-refractivity contribution >= 4 is 21.6 Å². The highest BCUT2D eigenvalue weighted by atomic mass is 32.2. The number of amides is 1. The molecule has 0 saturated heterocycles. The van der Waals surface area contributed by atoms with E-state index in [2.05, 4.69) is 5.32 Å². The van der Waals surface area contributed by atoms with Crippen molar-refractivity contribution in [3.8, 4) is 5.75 Å². The first-order chi connectivity index (χ1) is 15.3. The van der Waals surface area contributed by atoms with Gasteiger partial charge in [0.25, 0.3) is 0 Å². The second kappa shape index (κ2) is 10.4. The summed E-state index contributed by atoms with van der Waals surface area (Å²) in [5.41, 5.74) is 2.01. The Morgan fingerprint density at radius 2 is 1.59 bits per heavy atom. The fourth-order valence-electron chi connectivity index (χ4n) is 3.04. The summed E-state index contributed by atoms with van der Waals surface area (Å²) in [6.45, 7) is 3.78. The zero-order valence-electron chi connectivity index (χ0n) is 17.9. The lowest BCUT2D eigenvalue weighted by atomic mass is 10.2. The van der Waals surface area contributed by atoms with E-state index in [1.165, 1.54) is 36.4 Å². The van der Waals surface area contributed by atoms with Crippen molar-refractivity contribution in [3.05, 3.63) is 89.7 Å². The second-order valence-electron chi connectivity index (χ2n) is 7.22. The van der Waals surface area contributed by atoms with E-state index in [-0.39, 0.29) is 11.4 Å². The van der Waals surface area contributed by atoms with E-state index in [4.69, 9.17) is 4.74 Å². The smallest absolute Gasteiger partial charge is 0.243 e. The van der Waals surface area contributed by atoms with Gasteiger partial charge in [0, 0.05) is 12.2 Å². The van der Waals surface area contributed by atoms with E-state index in [0.717, 1.165) is 9.87 Å². The Hall–Kier alpha value is -3.23. The predicted molar refractivity (Wildman–Crippen MR) is 121 cm³/mol. The molecule has 3 aromatic rings. The average molecular weight is 457 g/mol. The van der Waals surface area contributed by atoms with Gasteiger partial charge in [-0.3, -0.25) is 4.79 Å². The monoisotopic (exact) mass is 456 g/mol. The molecule has 8 heteroatoms. The van der Waals surface area contributed by atoms with E-state index in [1.807, 2.05) is 13.8 Å². The number of sulfonamides is 1. The standard InChI is InChI=1S/C24H25FN2O4S/c1-3-31-22-12-10-21(11-13-22)26-24(28)17-27(16-19-6-8-20(25)9-7-19)32(29,30)23-14-4-18(2)5-15-23/h4-15H,3,16-17H2,1-2H3,(H,26,28). The molecule has 6 nitrogen and oxygen atoms in total. The van der Waals surface area contributed by atoms with Gasteiger partial charge in [-0.1, -0.05) is 29.8 Å². The summed E-state index contributed by atoms with van der Waals surface area (Å²) < 4.78 is 46.3. The number of rotatable bonds is 9. The number of hydrogen-bond acceptors (Lipinski definition) is 4. The summed E-state index contributed by atoms with van der Waals surface area (Å²) in [6, 6.07) is 18.7. The summed E-state index contributed by atoms with van der Waals surface area (Å²) in [5, 5.41) is 2.71. The maximum Gasteiger partial charge on any atom is 0.243 e. The molecule has 0 aliphatic rings. The topological polar surface area (TPSA) is 75.7 Å². The Morgan fingerprint density at radius 1 is 0.969 bits per heavy atom. The number of anilines is 1. The van der Waals surface area contributed by atoms with Crippen LogP contribution in [0.2, 0.25) is 0 Å². The van der Waals surface area contributed by atoms with Crippen LogP contribution in [0.1, 0.15) is 18.1 Å². The minimum Gasteiger partial charge on any atom is -0.494 e. The molecular formula is C24H25FN2O4S. The first-order valence-corrected chi connectivity index (χ1v) is 11.6. The van der Waals surface area contributed by atoms with Gasteiger partial charge in [0.15, 0.2) is 0 Å². The number of benzene rings is 3. The van der Waals surface area contributed by atoms with Gasteiger partial charge >= 0.3 is 0 Å². The van der Waals surface area contributed by atoms with Gasteiger partial charge < -0.3 is 10.1 Å². The zero-order chi connectivity index (χ0) is 23.1. The Balaban J connectivity index is 1.81. The second-order valence-corrected chi connectivity index (χ2v) is 9.16. The highest BCUT2D eigenvalue weighted by Gasteiger charge is 2.27. The summed E-state index contributed by atoms with van der Waals surface area (Å²) in [4.78, 5) is 12.8. The third-order valence-corrected chi connectivity index (χ3v) is 6.51. The number of ether oxygens (including phenoxy) is 1. The molecule has 0 spiro atoms. The van der Waals surface area contributed by atoms with E-state index in [9.17, 15) is 17.6 Å². The molecule has 0 unspecified atom stereocenters. The highest BCUT2D eigenvalue weighted by molar-refractivity contribution is 7.89. The summed E-state index contributed by atoms with van der Waals surface area (Å²) in [6.07, 6.45) is 0. The number of carbonyl (C=O) groups is 1. The number of nitrogens with zero attached hydrogens (tertiary/aromatic N) is 1. The third-order valence-electron chi connectivity index (χ3n) is 4.70. The third kappa shape index (κ3) is 6.15. The van der Waals surface area contributed by atoms with Gasteiger partial charge in [0.05, 0.1) is 18.0 Å². The van der Waals surface area contributed by atoms with Crippen molar-refractivity contribution in [3.63, 3.8) is 0 Å². The molecule has 0 heterocycles. The summed E-state index contributed by atoms with van der Waals surface area (Å²) >= 11 is 0. The van der Waals surface area contributed by atoms with Crippen LogP contribution in [0, 0.1) is 12.7 Å². The molecule has 0 radical (unpaired) electrons. The van der Waals surface area contributed by atoms with Crippen LogP contribution in [0.15, 0.2) is 77.7 Å². The molecule has 0 saturated carbocycles. The van der Waals surface area contributed by atoms with E-state index < -0.39 is 28.3 Å². The lowest BCUT2D eigenvalue weighted by molar-refractivity contribution is -0.116. The van der Waals surface area contributed by atoms with Crippen molar-refractivity contribution < 1.29 is 22.3 Å². The summed E-state index contributed by atoms with van der Waals surface area (Å²) in [5.74, 6) is -0.243. The van der Waals surface area contributed by atoms with Crippen molar-refractivity contribution in [2.24, 2.45) is 0 Å². The van der Waals surface area contributed by atoms with Crippen molar-refractivity contribution in [1.29, 1.82) is 0 Å². The Bertz CT molecular complexity index is 1150. The van der Waals surface area contributed by atoms with Gasteiger partial charge in [-0.2, -0.15) is 4.31 Å². The molecule has 0 bridgehead atoms. The first-order valence-electron chi connectivity index (χ1n) is 10.1. The van der Waals surface area contributed by atoms with Gasteiger partial charge in [-0.15, -0.1) is 0 Å². The van der Waals surface area contributed by atoms with Gasteiger partial charge in [0.1, 0.15) is 11.6 Å². The zero-order valence-corrected chi connectivity index (χ0v) is 18.7. The van der Waals surface area contributed by atoms with Gasteiger partial charge in [-0.05, 0) is 67.9 Å². The van der Waals surface area contributed by atoms with Crippen molar-refractivity contribution in [2.75, 3.05) is 18.5 Å². The van der Waals surface area contributed by atoms with E-state index >= 15 is 0 Å². The first kappa shape index (κ1) is 23.4. The van der Waals surface area contributed by atoms with E-state index in [0.29, 0.717) is 23.6 Å². The van der Waals surface area contributed by atoms with Gasteiger partial charge in [-0.25, -0.2) is 12.8 Å². The largest absolute Gasteiger partial charge is 0.494 e. The minimum absolute atomic E-state index is 0.0762. The normalized spacial score (nSPS) is 11.4. The van der Waals surface area contributed by atoms with Crippen LogP contribution in [0.25, 0.3) is 0 Å². The highest BCUT2D eigenvalue weighted by Crippen LogP contribution is 2.20. The van der Waals surface area contributed by atoms with Crippen LogP contribution < -0.4 is 10.1 Å². The molecule has 3 aromatic carbocycles. The molecule has 0 fully saturated rings. The minimum atomic E-state index is -3.97. The molecule has 0 aliphatic carbocycles. The quantitative estimate of drug-likeness (QED) is 0.519. The van der Waals surface area contributed by atoms with Crippen LogP contribution in [0.3, 0.4) is 0 Å². The summed E-state index contributed by atoms with van der Waals surface area (Å²) in [7, 11) is -3.97. The van der Waals surface area contributed by atoms with Gasteiger partial charge in [0.2, 0.25) is 15.9 Å². The maximum atomic E-state index is 13.3. The van der Waals surface area contributed by atoms with Crippen LogP contribution in [0.5, 0.6) is 5.75 Å². The fourth-order valence-corrected chi connectivity index (χ4v) is 4.42. The lowest BCUT2D eigenvalue weighted by Gasteiger charge is -2.22. The molecule has 1 amide bonds. The van der Waals surface area contributed by atoms with E-state index in [1.54, 1.807) is 36.4 Å². The molecule has 3 rings (SSSR count). The van der Waals surface area contributed by atoms with Crippen molar-refractivity contribution in [2.45, 2.75) is 25.3 Å². The number of carbonyl (C=O) groups excluding carboxylic acids is 1. The fraction of sp³-hybridized carbons (Fsp3) is 0.208. The average Bonchev–Trinajstić information content (AvgIpc) is 2.76. The number of hydrogen-bond donors (Lipinski definition) is 1. The molecule has 168 valence electrons. The maximum absolute atomic E-state index is 13.3.